The lowest BCUT2D eigenvalue weighted by Gasteiger charge is -2.07. The molecule has 0 radical (unpaired) electrons. The molecule has 3 rings (SSSR count). The number of ether oxygens (including phenoxy) is 1. The van der Waals surface area contributed by atoms with Gasteiger partial charge in [-0.05, 0) is 65.9 Å². The minimum atomic E-state index is 0.508. The summed E-state index contributed by atoms with van der Waals surface area (Å²) in [6, 6.07) is 22.4. The van der Waals surface area contributed by atoms with Gasteiger partial charge in [0, 0.05) is 4.90 Å². The zero-order chi connectivity index (χ0) is 14.7. The Labute approximate surface area is 133 Å². The van der Waals surface area contributed by atoms with Crippen molar-refractivity contribution in [3.8, 4) is 5.75 Å². The van der Waals surface area contributed by atoms with E-state index in [1.165, 1.54) is 22.7 Å². The van der Waals surface area contributed by atoms with Gasteiger partial charge in [-0.25, -0.2) is 0 Å². The van der Waals surface area contributed by atoms with Gasteiger partial charge < -0.3 is 4.74 Å². The van der Waals surface area contributed by atoms with Crippen LogP contribution in [0.2, 0.25) is 0 Å². The van der Waals surface area contributed by atoms with Crippen LogP contribution in [0.3, 0.4) is 0 Å². The number of aryl methyl sites for hydroxylation is 1. The highest BCUT2D eigenvalue weighted by molar-refractivity contribution is 8.22. The maximum absolute atomic E-state index is 5.75. The van der Waals surface area contributed by atoms with Crippen molar-refractivity contribution in [3.05, 3.63) is 72.3 Å². The van der Waals surface area contributed by atoms with Crippen molar-refractivity contribution in [3.63, 3.8) is 0 Å². The van der Waals surface area contributed by atoms with Crippen molar-refractivity contribution >= 4 is 39.1 Å². The summed E-state index contributed by atoms with van der Waals surface area (Å²) in [5.74, 6) is 0.776. The summed E-state index contributed by atoms with van der Waals surface area (Å²) in [5.41, 5.74) is 1.24. The molecule has 104 valence electrons. The molecule has 0 spiro atoms. The minimum Gasteiger partial charge on any atom is -0.439 e. The second-order valence-corrected chi connectivity index (χ2v) is 6.45. The standard InChI is InChI=1S/C18H14OS2/c1-13-6-10-17(11-7-13)21-18(20)19-16-9-8-14-4-2-3-5-15(14)12-16/h2-12H,1H3. The number of benzene rings is 3. The van der Waals surface area contributed by atoms with Crippen molar-refractivity contribution in [1.82, 2.24) is 0 Å². The predicted octanol–water partition coefficient (Wildman–Crippen LogP) is 5.60. The van der Waals surface area contributed by atoms with Crippen molar-refractivity contribution in [2.24, 2.45) is 0 Å². The van der Waals surface area contributed by atoms with Crippen molar-refractivity contribution < 1.29 is 4.74 Å². The Morgan fingerprint density at radius 1 is 0.905 bits per heavy atom. The summed E-state index contributed by atoms with van der Waals surface area (Å²) in [4.78, 5) is 1.09. The van der Waals surface area contributed by atoms with Crippen LogP contribution in [0.5, 0.6) is 5.75 Å². The Bertz CT molecular complexity index is 779. The number of thioether (sulfide) groups is 1. The van der Waals surface area contributed by atoms with Gasteiger partial charge in [-0.2, -0.15) is 0 Å². The fourth-order valence-electron chi connectivity index (χ4n) is 2.05. The first-order valence-corrected chi connectivity index (χ1v) is 7.88. The average molecular weight is 310 g/mol. The lowest BCUT2D eigenvalue weighted by molar-refractivity contribution is 0.580. The maximum atomic E-state index is 5.75. The topological polar surface area (TPSA) is 9.23 Å². The van der Waals surface area contributed by atoms with Gasteiger partial charge in [0.05, 0.1) is 0 Å². The van der Waals surface area contributed by atoms with E-state index in [1.807, 2.05) is 30.3 Å². The van der Waals surface area contributed by atoms with E-state index in [0.717, 1.165) is 16.0 Å². The molecule has 3 aromatic carbocycles. The van der Waals surface area contributed by atoms with Crippen LogP contribution in [-0.4, -0.2) is 4.38 Å². The summed E-state index contributed by atoms with van der Waals surface area (Å²) in [7, 11) is 0. The van der Waals surface area contributed by atoms with E-state index in [4.69, 9.17) is 17.0 Å². The van der Waals surface area contributed by atoms with Crippen molar-refractivity contribution in [1.29, 1.82) is 0 Å². The largest absolute Gasteiger partial charge is 0.439 e. The highest BCUT2D eigenvalue weighted by atomic mass is 32.2. The van der Waals surface area contributed by atoms with Gasteiger partial charge in [-0.1, -0.05) is 48.0 Å². The SMILES string of the molecule is Cc1ccc(SC(=S)Oc2ccc3ccccc3c2)cc1. The van der Waals surface area contributed by atoms with Gasteiger partial charge in [0.15, 0.2) is 0 Å². The Kier molecular flexibility index (Phi) is 4.23. The quantitative estimate of drug-likeness (QED) is 0.450. The average Bonchev–Trinajstić information content (AvgIpc) is 2.49. The van der Waals surface area contributed by atoms with Gasteiger partial charge in [0.25, 0.3) is 0 Å². The summed E-state index contributed by atoms with van der Waals surface area (Å²) >= 11 is 6.78. The molecule has 3 aromatic rings. The van der Waals surface area contributed by atoms with Gasteiger partial charge in [0.1, 0.15) is 5.75 Å². The van der Waals surface area contributed by atoms with E-state index in [1.54, 1.807) is 0 Å². The third-order valence-electron chi connectivity index (χ3n) is 3.14. The Balaban J connectivity index is 1.72. The fraction of sp³-hybridized carbons (Fsp3) is 0.0556. The predicted molar refractivity (Wildman–Crippen MR) is 94.2 cm³/mol. The molecule has 0 fully saturated rings. The second-order valence-electron chi connectivity index (χ2n) is 4.78. The molecule has 0 aliphatic heterocycles. The third kappa shape index (κ3) is 3.63. The summed E-state index contributed by atoms with van der Waals surface area (Å²) in [5, 5.41) is 2.35. The first kappa shape index (κ1) is 14.1. The van der Waals surface area contributed by atoms with Crippen LogP contribution in [0.1, 0.15) is 5.56 Å². The fourth-order valence-corrected chi connectivity index (χ4v) is 3.04. The Hall–Kier alpha value is -1.84. The molecule has 0 aromatic heterocycles. The molecule has 1 nitrogen and oxygen atoms in total. The number of fused-ring (bicyclic) bond motifs is 1. The molecule has 0 aliphatic carbocycles. The molecule has 0 saturated carbocycles. The lowest BCUT2D eigenvalue weighted by atomic mass is 10.1. The monoisotopic (exact) mass is 310 g/mol. The Morgan fingerprint density at radius 2 is 1.62 bits per heavy atom. The molecule has 0 unspecified atom stereocenters. The van der Waals surface area contributed by atoms with E-state index in [-0.39, 0.29) is 0 Å². The van der Waals surface area contributed by atoms with E-state index in [0.29, 0.717) is 4.38 Å². The summed E-state index contributed by atoms with van der Waals surface area (Å²) < 4.78 is 6.26. The highest BCUT2D eigenvalue weighted by Gasteiger charge is 2.04. The number of thiocarbonyl (C=S) groups is 1. The van der Waals surface area contributed by atoms with Gasteiger partial charge in [-0.3, -0.25) is 0 Å². The molecule has 0 atom stereocenters. The molecule has 21 heavy (non-hydrogen) atoms. The maximum Gasteiger partial charge on any atom is 0.230 e. The third-order valence-corrected chi connectivity index (χ3v) is 4.24. The van der Waals surface area contributed by atoms with Gasteiger partial charge in [-0.15, -0.1) is 0 Å². The van der Waals surface area contributed by atoms with Gasteiger partial charge >= 0.3 is 0 Å². The van der Waals surface area contributed by atoms with E-state index in [9.17, 15) is 0 Å². The molecular formula is C18H14OS2. The van der Waals surface area contributed by atoms with Crippen LogP contribution >= 0.6 is 24.0 Å². The first-order chi connectivity index (χ1) is 10.2. The molecule has 0 N–H and O–H groups in total. The summed E-state index contributed by atoms with van der Waals surface area (Å²) in [6.07, 6.45) is 0. The van der Waals surface area contributed by atoms with Crippen LogP contribution in [0.15, 0.2) is 71.6 Å². The van der Waals surface area contributed by atoms with E-state index in [2.05, 4.69) is 43.3 Å². The number of rotatable bonds is 2. The normalized spacial score (nSPS) is 10.5. The van der Waals surface area contributed by atoms with Crippen LogP contribution in [0.25, 0.3) is 10.8 Å². The second kappa shape index (κ2) is 6.29. The van der Waals surface area contributed by atoms with Crippen LogP contribution < -0.4 is 4.74 Å². The molecule has 0 heterocycles. The molecule has 0 bridgehead atoms. The van der Waals surface area contributed by atoms with Gasteiger partial charge in [0.2, 0.25) is 4.38 Å². The zero-order valence-corrected chi connectivity index (χ0v) is 13.2. The van der Waals surface area contributed by atoms with Crippen LogP contribution in [0, 0.1) is 6.92 Å². The molecule has 0 amide bonds. The minimum absolute atomic E-state index is 0.508. The van der Waals surface area contributed by atoms with Crippen LogP contribution in [-0.2, 0) is 0 Å². The first-order valence-electron chi connectivity index (χ1n) is 6.66. The molecule has 0 saturated heterocycles. The summed E-state index contributed by atoms with van der Waals surface area (Å²) in [6.45, 7) is 2.07. The van der Waals surface area contributed by atoms with Crippen LogP contribution in [0.4, 0.5) is 0 Å². The highest BCUT2D eigenvalue weighted by Crippen LogP contribution is 2.25. The smallest absolute Gasteiger partial charge is 0.230 e. The molecular weight excluding hydrogens is 296 g/mol. The molecule has 3 heteroatoms. The lowest BCUT2D eigenvalue weighted by Crippen LogP contribution is -1.99. The number of hydrogen-bond donors (Lipinski definition) is 0. The van der Waals surface area contributed by atoms with Crippen molar-refractivity contribution in [2.75, 3.05) is 0 Å². The Morgan fingerprint density at radius 3 is 2.38 bits per heavy atom. The van der Waals surface area contributed by atoms with E-state index < -0.39 is 0 Å². The molecule has 0 aliphatic rings. The number of hydrogen-bond acceptors (Lipinski definition) is 3. The van der Waals surface area contributed by atoms with Crippen molar-refractivity contribution in [2.45, 2.75) is 11.8 Å². The zero-order valence-electron chi connectivity index (χ0n) is 11.6. The van der Waals surface area contributed by atoms with E-state index >= 15 is 0 Å².